The van der Waals surface area contributed by atoms with Gasteiger partial charge in [-0.05, 0) is 48.9 Å². The summed E-state index contributed by atoms with van der Waals surface area (Å²) in [6.07, 6.45) is 2.35. The van der Waals surface area contributed by atoms with E-state index < -0.39 is 11.8 Å². The lowest BCUT2D eigenvalue weighted by atomic mass is 10.1. The van der Waals surface area contributed by atoms with Crippen LogP contribution in [-0.2, 0) is 0 Å². The molecule has 29 heavy (non-hydrogen) atoms. The lowest BCUT2D eigenvalue weighted by Gasteiger charge is -2.12. The van der Waals surface area contributed by atoms with Crippen molar-refractivity contribution in [2.75, 3.05) is 24.7 Å². The van der Waals surface area contributed by atoms with E-state index in [1.807, 2.05) is 19.1 Å². The van der Waals surface area contributed by atoms with Crippen LogP contribution in [-0.4, -0.2) is 30.4 Å². The van der Waals surface area contributed by atoms with Crippen LogP contribution in [0.3, 0.4) is 0 Å². The summed E-state index contributed by atoms with van der Waals surface area (Å²) in [7, 11) is 1.60. The predicted molar refractivity (Wildman–Crippen MR) is 115 cm³/mol. The Labute approximate surface area is 173 Å². The number of hydrogen-bond donors (Lipinski definition) is 3. The SMILES string of the molecule is COc1cc2nccc(Oc3ccc(NC(=O)NCCCS)c(F)c3)c2cc1C. The third-order valence-electron chi connectivity index (χ3n) is 4.26. The Hall–Kier alpha value is -3.00. The molecule has 0 aliphatic heterocycles. The number of benzene rings is 2. The molecule has 1 aromatic heterocycles. The molecule has 8 heteroatoms. The molecule has 2 amide bonds. The number of carbonyl (C=O) groups is 1. The van der Waals surface area contributed by atoms with Crippen LogP contribution in [0.1, 0.15) is 12.0 Å². The van der Waals surface area contributed by atoms with Crippen LogP contribution in [0.2, 0.25) is 0 Å². The van der Waals surface area contributed by atoms with Crippen molar-refractivity contribution in [1.29, 1.82) is 0 Å². The Balaban J connectivity index is 1.78. The number of thiol groups is 1. The minimum atomic E-state index is -0.594. The summed E-state index contributed by atoms with van der Waals surface area (Å²) in [5.41, 5.74) is 1.72. The predicted octanol–water partition coefficient (Wildman–Crippen LogP) is 4.92. The summed E-state index contributed by atoms with van der Waals surface area (Å²) in [6, 6.07) is 9.27. The van der Waals surface area contributed by atoms with Crippen molar-refractivity contribution >= 4 is 35.3 Å². The highest BCUT2D eigenvalue weighted by atomic mass is 32.1. The number of rotatable bonds is 7. The molecule has 0 unspecified atom stereocenters. The number of methoxy groups -OCH3 is 1. The fourth-order valence-corrected chi connectivity index (χ4v) is 2.96. The molecule has 0 fully saturated rings. The van der Waals surface area contributed by atoms with Gasteiger partial charge in [0.2, 0.25) is 0 Å². The van der Waals surface area contributed by atoms with Crippen LogP contribution in [0.25, 0.3) is 10.9 Å². The number of urea groups is 1. The molecule has 3 aromatic rings. The summed E-state index contributed by atoms with van der Waals surface area (Å²) < 4.78 is 25.6. The first-order chi connectivity index (χ1) is 14.0. The lowest BCUT2D eigenvalue weighted by molar-refractivity contribution is 0.252. The maximum Gasteiger partial charge on any atom is 0.319 e. The number of hydrogen-bond acceptors (Lipinski definition) is 5. The smallest absolute Gasteiger partial charge is 0.319 e. The second kappa shape index (κ2) is 9.47. The number of ether oxygens (including phenoxy) is 2. The number of aryl methyl sites for hydroxylation is 1. The van der Waals surface area contributed by atoms with Crippen molar-refractivity contribution in [3.8, 4) is 17.2 Å². The molecule has 0 saturated carbocycles. The van der Waals surface area contributed by atoms with Crippen molar-refractivity contribution in [1.82, 2.24) is 10.3 Å². The van der Waals surface area contributed by atoms with Gasteiger partial charge in [-0.1, -0.05) is 0 Å². The van der Waals surface area contributed by atoms with Crippen LogP contribution >= 0.6 is 12.6 Å². The molecule has 0 atom stereocenters. The molecule has 0 aliphatic rings. The van der Waals surface area contributed by atoms with Gasteiger partial charge in [-0.2, -0.15) is 12.6 Å². The minimum absolute atomic E-state index is 0.0703. The van der Waals surface area contributed by atoms with Gasteiger partial charge < -0.3 is 20.1 Å². The number of nitrogens with zero attached hydrogens (tertiary/aromatic N) is 1. The van der Waals surface area contributed by atoms with Gasteiger partial charge in [0.15, 0.2) is 0 Å². The number of halogens is 1. The normalized spacial score (nSPS) is 10.6. The molecular formula is C21H22FN3O3S. The van der Waals surface area contributed by atoms with Gasteiger partial charge in [0.25, 0.3) is 0 Å². The largest absolute Gasteiger partial charge is 0.496 e. The van der Waals surface area contributed by atoms with E-state index in [4.69, 9.17) is 9.47 Å². The summed E-state index contributed by atoms with van der Waals surface area (Å²) in [6.45, 7) is 2.40. The van der Waals surface area contributed by atoms with Crippen molar-refractivity contribution in [2.45, 2.75) is 13.3 Å². The molecule has 2 aromatic carbocycles. The van der Waals surface area contributed by atoms with Gasteiger partial charge in [-0.25, -0.2) is 9.18 Å². The first-order valence-corrected chi connectivity index (χ1v) is 9.71. The average Bonchev–Trinajstić information content (AvgIpc) is 2.70. The van der Waals surface area contributed by atoms with Gasteiger partial charge >= 0.3 is 6.03 Å². The van der Waals surface area contributed by atoms with Crippen LogP contribution in [0.5, 0.6) is 17.2 Å². The second-order valence-corrected chi connectivity index (χ2v) is 6.80. The Morgan fingerprint density at radius 2 is 2.03 bits per heavy atom. The molecule has 152 valence electrons. The summed E-state index contributed by atoms with van der Waals surface area (Å²) in [5.74, 6) is 1.66. The van der Waals surface area contributed by atoms with E-state index in [-0.39, 0.29) is 5.69 Å². The summed E-state index contributed by atoms with van der Waals surface area (Å²) >= 11 is 4.07. The standard InChI is InChI=1S/C21H22FN3O3S/c1-13-10-15-18(12-20(13)27-2)23-8-6-19(15)28-14-4-5-17(16(22)11-14)25-21(26)24-7-3-9-29/h4-6,8,10-12,29H,3,7,9H2,1-2H3,(H2,24,25,26). The molecule has 0 bridgehead atoms. The Morgan fingerprint density at radius 3 is 2.76 bits per heavy atom. The highest BCUT2D eigenvalue weighted by molar-refractivity contribution is 7.80. The van der Waals surface area contributed by atoms with Crippen molar-refractivity contribution < 1.29 is 18.7 Å². The van der Waals surface area contributed by atoms with Crippen LogP contribution in [0.15, 0.2) is 42.6 Å². The Morgan fingerprint density at radius 1 is 1.21 bits per heavy atom. The number of anilines is 1. The van der Waals surface area contributed by atoms with E-state index in [1.165, 1.54) is 12.1 Å². The molecule has 2 N–H and O–H groups in total. The Kier molecular flexibility index (Phi) is 6.77. The number of carbonyl (C=O) groups excluding carboxylic acids is 1. The summed E-state index contributed by atoms with van der Waals surface area (Å²) in [4.78, 5) is 16.1. The van der Waals surface area contributed by atoms with E-state index in [0.717, 1.165) is 23.1 Å². The molecule has 0 saturated heterocycles. The quantitative estimate of drug-likeness (QED) is 0.378. The third-order valence-corrected chi connectivity index (χ3v) is 4.57. The van der Waals surface area contributed by atoms with Crippen molar-refractivity contribution in [3.63, 3.8) is 0 Å². The first kappa shape index (κ1) is 20.7. The molecule has 6 nitrogen and oxygen atoms in total. The molecular weight excluding hydrogens is 393 g/mol. The monoisotopic (exact) mass is 415 g/mol. The molecule has 1 heterocycles. The van der Waals surface area contributed by atoms with Gasteiger partial charge in [-0.3, -0.25) is 4.98 Å². The molecule has 0 radical (unpaired) electrons. The number of amides is 2. The van der Waals surface area contributed by atoms with Crippen LogP contribution < -0.4 is 20.1 Å². The average molecular weight is 415 g/mol. The maximum absolute atomic E-state index is 14.4. The maximum atomic E-state index is 14.4. The third kappa shape index (κ3) is 5.08. The van der Waals surface area contributed by atoms with E-state index in [0.29, 0.717) is 29.3 Å². The van der Waals surface area contributed by atoms with E-state index in [9.17, 15) is 9.18 Å². The zero-order chi connectivity index (χ0) is 20.8. The van der Waals surface area contributed by atoms with E-state index >= 15 is 0 Å². The number of fused-ring (bicyclic) bond motifs is 1. The zero-order valence-electron chi connectivity index (χ0n) is 16.2. The van der Waals surface area contributed by atoms with Crippen LogP contribution in [0.4, 0.5) is 14.9 Å². The summed E-state index contributed by atoms with van der Waals surface area (Å²) in [5, 5.41) is 5.90. The fraction of sp³-hybridized carbons (Fsp3) is 0.238. The fourth-order valence-electron chi connectivity index (χ4n) is 2.80. The lowest BCUT2D eigenvalue weighted by Crippen LogP contribution is -2.30. The molecule has 3 rings (SSSR count). The first-order valence-electron chi connectivity index (χ1n) is 9.08. The minimum Gasteiger partial charge on any atom is -0.496 e. The van der Waals surface area contributed by atoms with Crippen molar-refractivity contribution in [3.05, 3.63) is 54.0 Å². The molecule has 0 spiro atoms. The molecule has 0 aliphatic carbocycles. The topological polar surface area (TPSA) is 72.5 Å². The zero-order valence-corrected chi connectivity index (χ0v) is 17.1. The van der Waals surface area contributed by atoms with Gasteiger partial charge in [0.05, 0.1) is 18.3 Å². The van der Waals surface area contributed by atoms with Crippen LogP contribution in [0, 0.1) is 12.7 Å². The second-order valence-electron chi connectivity index (χ2n) is 6.35. The number of pyridine rings is 1. The highest BCUT2D eigenvalue weighted by Crippen LogP contribution is 2.33. The Bertz CT molecular complexity index is 1030. The van der Waals surface area contributed by atoms with E-state index in [2.05, 4.69) is 28.2 Å². The van der Waals surface area contributed by atoms with Gasteiger partial charge in [-0.15, -0.1) is 0 Å². The van der Waals surface area contributed by atoms with E-state index in [1.54, 1.807) is 25.4 Å². The van der Waals surface area contributed by atoms with Crippen molar-refractivity contribution in [2.24, 2.45) is 0 Å². The van der Waals surface area contributed by atoms with Gasteiger partial charge in [0, 0.05) is 30.3 Å². The highest BCUT2D eigenvalue weighted by Gasteiger charge is 2.11. The number of aromatic nitrogens is 1. The van der Waals surface area contributed by atoms with Gasteiger partial charge in [0.1, 0.15) is 23.1 Å². The number of nitrogens with one attached hydrogen (secondary N) is 2.